The van der Waals surface area contributed by atoms with Gasteiger partial charge in [0, 0.05) is 26.2 Å². The van der Waals surface area contributed by atoms with Crippen LogP contribution in [0.15, 0.2) is 60.7 Å². The number of benzene rings is 2. The van der Waals surface area contributed by atoms with E-state index in [2.05, 4.69) is 15.5 Å². The minimum Gasteiger partial charge on any atom is -0.459 e. The van der Waals surface area contributed by atoms with Crippen molar-refractivity contribution in [1.82, 2.24) is 20.4 Å². The van der Waals surface area contributed by atoms with Gasteiger partial charge in [-0.3, -0.25) is 9.80 Å². The fourth-order valence-corrected chi connectivity index (χ4v) is 5.11. The number of aliphatic hydroxyl groups is 1. The molecule has 9 nitrogen and oxygen atoms in total. The molecule has 0 bridgehead atoms. The number of nitrogens with one attached hydrogen (secondary N) is 2. The van der Waals surface area contributed by atoms with Gasteiger partial charge < -0.3 is 25.2 Å². The van der Waals surface area contributed by atoms with Crippen LogP contribution in [0.3, 0.4) is 0 Å². The highest BCUT2D eigenvalue weighted by Crippen LogP contribution is 2.26. The quantitative estimate of drug-likeness (QED) is 0.494. The molecule has 4 rings (SSSR count). The van der Waals surface area contributed by atoms with Gasteiger partial charge in [0.05, 0.1) is 18.7 Å². The molecule has 1 amide bonds. The molecular weight excluding hydrogens is 484 g/mol. The smallest absolute Gasteiger partial charge is 0.410 e. The third kappa shape index (κ3) is 8.01. The van der Waals surface area contributed by atoms with E-state index in [1.807, 2.05) is 60.7 Å². The van der Waals surface area contributed by atoms with Crippen LogP contribution in [0, 0.1) is 0 Å². The molecule has 3 atom stereocenters. The molecule has 2 saturated heterocycles. The molecule has 9 heteroatoms. The van der Waals surface area contributed by atoms with Crippen LogP contribution in [0.2, 0.25) is 0 Å². The Morgan fingerprint density at radius 3 is 1.92 bits per heavy atom. The Hall–Kier alpha value is -2.98. The van der Waals surface area contributed by atoms with E-state index in [-0.39, 0.29) is 19.8 Å². The van der Waals surface area contributed by atoms with Gasteiger partial charge in [-0.2, -0.15) is 0 Å². The highest BCUT2D eigenvalue weighted by Gasteiger charge is 2.51. The second-order valence-corrected chi connectivity index (χ2v) is 9.89. The summed E-state index contributed by atoms with van der Waals surface area (Å²) in [4.78, 5) is 30.2. The summed E-state index contributed by atoms with van der Waals surface area (Å²) in [6.45, 7) is 4.78. The third-order valence-corrected chi connectivity index (χ3v) is 7.12. The summed E-state index contributed by atoms with van der Waals surface area (Å²) < 4.78 is 11.3. The van der Waals surface area contributed by atoms with E-state index in [0.29, 0.717) is 13.1 Å². The van der Waals surface area contributed by atoms with E-state index in [4.69, 9.17) is 9.47 Å². The highest BCUT2D eigenvalue weighted by atomic mass is 16.6. The van der Waals surface area contributed by atoms with Crippen molar-refractivity contribution < 1.29 is 24.2 Å². The average molecular weight is 525 g/mol. The van der Waals surface area contributed by atoms with Crippen LogP contribution in [0.1, 0.15) is 30.4 Å². The molecule has 0 spiro atoms. The summed E-state index contributed by atoms with van der Waals surface area (Å²) in [5.74, 6) is -0.543. The summed E-state index contributed by atoms with van der Waals surface area (Å²) in [5.41, 5.74) is 1.70. The fourth-order valence-electron chi connectivity index (χ4n) is 5.11. The van der Waals surface area contributed by atoms with Crippen LogP contribution in [-0.2, 0) is 27.5 Å². The number of hydrogen-bond acceptors (Lipinski definition) is 8. The van der Waals surface area contributed by atoms with Crippen molar-refractivity contribution in [2.75, 3.05) is 45.8 Å². The molecule has 38 heavy (non-hydrogen) atoms. The van der Waals surface area contributed by atoms with Crippen molar-refractivity contribution in [3.8, 4) is 0 Å². The summed E-state index contributed by atoms with van der Waals surface area (Å²) in [6, 6.07) is 17.2. The van der Waals surface area contributed by atoms with Gasteiger partial charge >= 0.3 is 12.1 Å². The number of rotatable bonds is 6. The van der Waals surface area contributed by atoms with Crippen LogP contribution in [0.5, 0.6) is 0 Å². The Balaban J connectivity index is 1.50. The molecule has 2 aliphatic rings. The lowest BCUT2D eigenvalue weighted by molar-refractivity contribution is -0.152. The van der Waals surface area contributed by atoms with E-state index in [9.17, 15) is 14.7 Å². The maximum Gasteiger partial charge on any atom is 0.410 e. The van der Waals surface area contributed by atoms with Gasteiger partial charge in [0.25, 0.3) is 0 Å². The molecule has 2 aliphatic heterocycles. The second kappa shape index (κ2) is 14.8. The van der Waals surface area contributed by atoms with Crippen molar-refractivity contribution in [1.29, 1.82) is 0 Å². The normalized spacial score (nSPS) is 23.7. The standard InChI is InChI=1S/C29H40N4O5/c34-25-20-33(29(36)38-22-24-12-6-2-7-13-24)27(28(35)37-21-23-10-4-1-5-11-23)26(25)32-18-16-30-14-8-3-9-15-31-17-19-32/h1-2,4-7,10-13,25-27,30-31,34H,3,8-9,14-22H2/t25-,26+,27+/m0/s1. The molecular formula is C29H40N4O5. The van der Waals surface area contributed by atoms with E-state index >= 15 is 0 Å². The van der Waals surface area contributed by atoms with Gasteiger partial charge in [-0.25, -0.2) is 9.59 Å². The van der Waals surface area contributed by atoms with Crippen LogP contribution >= 0.6 is 0 Å². The number of ether oxygens (including phenoxy) is 2. The van der Waals surface area contributed by atoms with Gasteiger partial charge in [0.15, 0.2) is 6.04 Å². The van der Waals surface area contributed by atoms with Crippen molar-refractivity contribution in [3.63, 3.8) is 0 Å². The summed E-state index contributed by atoms with van der Waals surface area (Å²) in [7, 11) is 0. The van der Waals surface area contributed by atoms with E-state index in [1.54, 1.807) is 0 Å². The molecule has 2 aromatic carbocycles. The predicted octanol–water partition coefficient (Wildman–Crippen LogP) is 2.15. The zero-order valence-electron chi connectivity index (χ0n) is 22.0. The Bertz CT molecular complexity index is 981. The number of nitrogens with zero attached hydrogens (tertiary/aromatic N) is 2. The number of aliphatic hydroxyl groups excluding tert-OH is 1. The number of esters is 1. The number of hydrogen-bond donors (Lipinski definition) is 3. The van der Waals surface area contributed by atoms with Gasteiger partial charge in [0.1, 0.15) is 13.2 Å². The molecule has 206 valence electrons. The van der Waals surface area contributed by atoms with Gasteiger partial charge in [-0.1, -0.05) is 67.1 Å². The Morgan fingerprint density at radius 2 is 1.34 bits per heavy atom. The Labute approximate surface area is 225 Å². The maximum absolute atomic E-state index is 13.5. The van der Waals surface area contributed by atoms with E-state index in [0.717, 1.165) is 50.1 Å². The first-order valence-corrected chi connectivity index (χ1v) is 13.6. The first-order chi connectivity index (χ1) is 18.6. The largest absolute Gasteiger partial charge is 0.459 e. The lowest BCUT2D eigenvalue weighted by atomic mass is 10.0. The molecule has 2 aromatic rings. The SMILES string of the molecule is O=C(OCc1ccccc1)[C@H]1[C@H](N2CCNCCCCCNCC2)[C@@H](O)CN1C(=O)OCc1ccccc1. The average Bonchev–Trinajstić information content (AvgIpc) is 3.29. The van der Waals surface area contributed by atoms with Crippen molar-refractivity contribution >= 4 is 12.1 Å². The van der Waals surface area contributed by atoms with E-state index in [1.165, 1.54) is 11.3 Å². The van der Waals surface area contributed by atoms with Crippen LogP contribution in [0.25, 0.3) is 0 Å². The number of carbonyl (C=O) groups excluding carboxylic acids is 2. The van der Waals surface area contributed by atoms with Crippen molar-refractivity contribution in [2.45, 2.75) is 50.7 Å². The summed E-state index contributed by atoms with van der Waals surface area (Å²) in [6.07, 6.45) is 1.86. The Kier molecular flexibility index (Phi) is 10.9. The monoisotopic (exact) mass is 524 g/mol. The highest BCUT2D eigenvalue weighted by molar-refractivity contribution is 5.83. The van der Waals surface area contributed by atoms with Crippen LogP contribution in [0.4, 0.5) is 4.79 Å². The van der Waals surface area contributed by atoms with E-state index < -0.39 is 30.3 Å². The van der Waals surface area contributed by atoms with Gasteiger partial charge in [0.2, 0.25) is 0 Å². The third-order valence-electron chi connectivity index (χ3n) is 7.12. The minimum atomic E-state index is -0.982. The number of β-amino-alcohol motifs (C(OH)–C–C–N with tert-alkyl or cyclic N) is 1. The molecule has 0 saturated carbocycles. The minimum absolute atomic E-state index is 0.000745. The molecule has 2 fully saturated rings. The van der Waals surface area contributed by atoms with Gasteiger partial charge in [-0.15, -0.1) is 0 Å². The molecule has 0 unspecified atom stereocenters. The zero-order chi connectivity index (χ0) is 26.6. The molecule has 0 aromatic heterocycles. The van der Waals surface area contributed by atoms with Crippen molar-refractivity contribution in [3.05, 3.63) is 71.8 Å². The molecule has 0 radical (unpaired) electrons. The number of carbonyl (C=O) groups is 2. The molecule has 0 aliphatic carbocycles. The predicted molar refractivity (Wildman–Crippen MR) is 144 cm³/mol. The summed E-state index contributed by atoms with van der Waals surface area (Å²) in [5, 5.41) is 18.1. The first kappa shape index (κ1) is 28.0. The van der Waals surface area contributed by atoms with Crippen LogP contribution < -0.4 is 10.6 Å². The lowest BCUT2D eigenvalue weighted by Gasteiger charge is -2.35. The van der Waals surface area contributed by atoms with Crippen LogP contribution in [-0.4, -0.2) is 91.0 Å². The lowest BCUT2D eigenvalue weighted by Crippen LogP contribution is -2.56. The fraction of sp³-hybridized carbons (Fsp3) is 0.517. The molecule has 3 N–H and O–H groups in total. The summed E-state index contributed by atoms with van der Waals surface area (Å²) >= 11 is 0. The van der Waals surface area contributed by atoms with Gasteiger partial charge in [-0.05, 0) is 37.1 Å². The second-order valence-electron chi connectivity index (χ2n) is 9.89. The topological polar surface area (TPSA) is 103 Å². The van der Waals surface area contributed by atoms with Crippen molar-refractivity contribution in [2.24, 2.45) is 0 Å². The number of likely N-dealkylation sites (tertiary alicyclic amines) is 1. The number of amides is 1. The maximum atomic E-state index is 13.5. The molecule has 2 heterocycles. The zero-order valence-corrected chi connectivity index (χ0v) is 22.0. The first-order valence-electron chi connectivity index (χ1n) is 13.6. The Morgan fingerprint density at radius 1 is 0.789 bits per heavy atom.